The second-order valence-corrected chi connectivity index (χ2v) is 5.39. The van der Waals surface area contributed by atoms with Crippen LogP contribution in [0.15, 0.2) is 41.0 Å². The van der Waals surface area contributed by atoms with Crippen LogP contribution in [0.5, 0.6) is 0 Å². The molecule has 0 bridgehead atoms. The van der Waals surface area contributed by atoms with Gasteiger partial charge in [0.2, 0.25) is 5.91 Å². The molecular weight excluding hydrogens is 297 g/mol. The normalized spacial score (nSPS) is 17.0. The largest absolute Gasteiger partial charge is 0.467 e. The van der Waals surface area contributed by atoms with E-state index in [9.17, 15) is 14.4 Å². The molecule has 0 radical (unpaired) electrons. The van der Waals surface area contributed by atoms with E-state index < -0.39 is 11.9 Å². The number of benzene rings is 1. The van der Waals surface area contributed by atoms with Crippen LogP contribution in [0, 0.1) is 17.1 Å². The lowest BCUT2D eigenvalue weighted by molar-refractivity contribution is -0.122. The lowest BCUT2D eigenvalue weighted by atomic mass is 10.1. The van der Waals surface area contributed by atoms with Crippen LogP contribution in [0.3, 0.4) is 0 Å². The number of amides is 1. The van der Waals surface area contributed by atoms with Crippen molar-refractivity contribution in [2.24, 2.45) is 0 Å². The summed E-state index contributed by atoms with van der Waals surface area (Å²) in [5.74, 6) is -0.0370. The maximum absolute atomic E-state index is 13.8. The molecule has 0 saturated carbocycles. The molecule has 23 heavy (non-hydrogen) atoms. The monoisotopic (exact) mass is 313 g/mol. The van der Waals surface area contributed by atoms with E-state index in [1.54, 1.807) is 35.4 Å². The molecule has 5 nitrogen and oxygen atoms in total. The van der Waals surface area contributed by atoms with Crippen molar-refractivity contribution in [3.63, 3.8) is 0 Å². The summed E-state index contributed by atoms with van der Waals surface area (Å²) in [7, 11) is 0. The van der Waals surface area contributed by atoms with E-state index in [1.165, 1.54) is 6.07 Å². The predicted octanol–water partition coefficient (Wildman–Crippen LogP) is 2.58. The Hall–Kier alpha value is -2.81. The van der Waals surface area contributed by atoms with Gasteiger partial charge in [0, 0.05) is 6.54 Å². The van der Waals surface area contributed by atoms with Gasteiger partial charge in [0.05, 0.1) is 18.5 Å². The summed E-state index contributed by atoms with van der Waals surface area (Å²) in [5, 5.41) is 12.0. The first-order valence-electron chi connectivity index (χ1n) is 7.46. The highest BCUT2D eigenvalue weighted by atomic mass is 19.1. The van der Waals surface area contributed by atoms with E-state index in [2.05, 4.69) is 5.32 Å². The van der Waals surface area contributed by atoms with Crippen molar-refractivity contribution in [2.75, 3.05) is 11.4 Å². The summed E-state index contributed by atoms with van der Waals surface area (Å²) < 4.78 is 19.0. The number of furan rings is 1. The molecule has 1 N–H and O–H groups in total. The highest BCUT2D eigenvalue weighted by Crippen LogP contribution is 2.29. The number of anilines is 1. The number of nitrogens with zero attached hydrogens (tertiary/aromatic N) is 2. The lowest BCUT2D eigenvalue weighted by Crippen LogP contribution is -2.43. The lowest BCUT2D eigenvalue weighted by Gasteiger charge is -2.26. The Bertz CT molecular complexity index is 737. The van der Waals surface area contributed by atoms with Crippen molar-refractivity contribution in [1.82, 2.24) is 5.32 Å². The standard InChI is InChI=1S/C17H16FN3O2/c18-14-5-1-6-15(13(14)10-19)21-8-2-7-16(21)17(22)20-11-12-4-3-9-23-12/h1,3-6,9,16H,2,7-8,11H2,(H,20,22). The molecule has 1 aromatic heterocycles. The first kappa shape index (κ1) is 15.1. The van der Waals surface area contributed by atoms with E-state index in [4.69, 9.17) is 4.42 Å². The fourth-order valence-electron chi connectivity index (χ4n) is 2.90. The molecule has 1 aliphatic rings. The van der Waals surface area contributed by atoms with Crippen LogP contribution in [0.2, 0.25) is 0 Å². The van der Waals surface area contributed by atoms with Gasteiger partial charge in [0.15, 0.2) is 0 Å². The smallest absolute Gasteiger partial charge is 0.243 e. The van der Waals surface area contributed by atoms with Gasteiger partial charge in [-0.2, -0.15) is 5.26 Å². The molecule has 6 heteroatoms. The van der Waals surface area contributed by atoms with E-state index in [0.717, 1.165) is 6.42 Å². The van der Waals surface area contributed by atoms with Crippen LogP contribution in [-0.4, -0.2) is 18.5 Å². The summed E-state index contributed by atoms with van der Waals surface area (Å²) in [4.78, 5) is 14.2. The zero-order valence-corrected chi connectivity index (χ0v) is 12.5. The summed E-state index contributed by atoms with van der Waals surface area (Å²) in [6, 6.07) is 9.52. The van der Waals surface area contributed by atoms with Gasteiger partial charge in [0.25, 0.3) is 0 Å². The molecule has 2 aromatic rings. The molecule has 1 saturated heterocycles. The molecule has 1 amide bonds. The second-order valence-electron chi connectivity index (χ2n) is 5.39. The Balaban J connectivity index is 1.76. The highest BCUT2D eigenvalue weighted by molar-refractivity contribution is 5.86. The molecule has 1 aliphatic heterocycles. The Morgan fingerprint density at radius 1 is 1.43 bits per heavy atom. The van der Waals surface area contributed by atoms with Crippen molar-refractivity contribution in [1.29, 1.82) is 5.26 Å². The van der Waals surface area contributed by atoms with Gasteiger partial charge in [-0.1, -0.05) is 6.07 Å². The molecule has 1 atom stereocenters. The first-order chi connectivity index (χ1) is 11.2. The van der Waals surface area contributed by atoms with Gasteiger partial charge >= 0.3 is 0 Å². The molecule has 2 heterocycles. The van der Waals surface area contributed by atoms with Gasteiger partial charge in [-0.25, -0.2) is 4.39 Å². The maximum Gasteiger partial charge on any atom is 0.243 e. The molecule has 1 fully saturated rings. The number of carbonyl (C=O) groups excluding carboxylic acids is 1. The van der Waals surface area contributed by atoms with Crippen molar-refractivity contribution in [3.8, 4) is 6.07 Å². The summed E-state index contributed by atoms with van der Waals surface area (Å²) in [5.41, 5.74) is 0.460. The minimum atomic E-state index is -0.563. The predicted molar refractivity (Wildman–Crippen MR) is 82.0 cm³/mol. The minimum Gasteiger partial charge on any atom is -0.467 e. The van der Waals surface area contributed by atoms with Crippen LogP contribution < -0.4 is 10.2 Å². The van der Waals surface area contributed by atoms with E-state index >= 15 is 0 Å². The highest BCUT2D eigenvalue weighted by Gasteiger charge is 2.32. The van der Waals surface area contributed by atoms with Gasteiger partial charge < -0.3 is 14.6 Å². The van der Waals surface area contributed by atoms with E-state index in [0.29, 0.717) is 31.0 Å². The van der Waals surface area contributed by atoms with Gasteiger partial charge in [-0.05, 0) is 37.1 Å². The zero-order chi connectivity index (χ0) is 16.2. The number of rotatable bonds is 4. The molecular formula is C17H16FN3O2. The van der Waals surface area contributed by atoms with Crippen LogP contribution in [0.1, 0.15) is 24.2 Å². The topological polar surface area (TPSA) is 69.3 Å². The third-order valence-electron chi connectivity index (χ3n) is 3.99. The number of nitrogens with one attached hydrogen (secondary N) is 1. The van der Waals surface area contributed by atoms with Crippen LogP contribution in [0.4, 0.5) is 10.1 Å². The second kappa shape index (κ2) is 6.53. The molecule has 0 spiro atoms. The Labute approximate surface area is 133 Å². The number of carbonyl (C=O) groups is 1. The Kier molecular flexibility index (Phi) is 4.29. The van der Waals surface area contributed by atoms with Gasteiger partial charge in [0.1, 0.15) is 29.3 Å². The Morgan fingerprint density at radius 2 is 2.30 bits per heavy atom. The van der Waals surface area contributed by atoms with Crippen molar-refractivity contribution in [3.05, 3.63) is 53.7 Å². The van der Waals surface area contributed by atoms with Crippen molar-refractivity contribution < 1.29 is 13.6 Å². The molecule has 1 unspecified atom stereocenters. The number of halogens is 1. The summed E-state index contributed by atoms with van der Waals surface area (Å²) in [6.45, 7) is 0.932. The zero-order valence-electron chi connectivity index (χ0n) is 12.5. The third kappa shape index (κ3) is 3.04. The fourth-order valence-corrected chi connectivity index (χ4v) is 2.90. The van der Waals surface area contributed by atoms with Crippen molar-refractivity contribution >= 4 is 11.6 Å². The maximum atomic E-state index is 13.8. The van der Waals surface area contributed by atoms with Gasteiger partial charge in [-0.3, -0.25) is 4.79 Å². The average molecular weight is 313 g/mol. The summed E-state index contributed by atoms with van der Waals surface area (Å²) in [6.07, 6.45) is 3.04. The molecule has 1 aromatic carbocycles. The molecule has 0 aliphatic carbocycles. The summed E-state index contributed by atoms with van der Waals surface area (Å²) >= 11 is 0. The number of hydrogen-bond acceptors (Lipinski definition) is 4. The van der Waals surface area contributed by atoms with Gasteiger partial charge in [-0.15, -0.1) is 0 Å². The molecule has 118 valence electrons. The molecule has 3 rings (SSSR count). The SMILES string of the molecule is N#Cc1c(F)cccc1N1CCCC1C(=O)NCc1ccco1. The fraction of sp³-hybridized carbons (Fsp3) is 0.294. The first-order valence-corrected chi connectivity index (χ1v) is 7.46. The third-order valence-corrected chi connectivity index (χ3v) is 3.99. The average Bonchev–Trinajstić information content (AvgIpc) is 3.23. The number of nitriles is 1. The Morgan fingerprint density at radius 3 is 3.04 bits per heavy atom. The number of hydrogen-bond donors (Lipinski definition) is 1. The van der Waals surface area contributed by atoms with Crippen LogP contribution in [-0.2, 0) is 11.3 Å². The van der Waals surface area contributed by atoms with E-state index in [-0.39, 0.29) is 11.5 Å². The quantitative estimate of drug-likeness (QED) is 0.942. The van der Waals surface area contributed by atoms with E-state index in [1.807, 2.05) is 6.07 Å². The minimum absolute atomic E-state index is 0.0155. The van der Waals surface area contributed by atoms with Crippen molar-refractivity contribution in [2.45, 2.75) is 25.4 Å². The van der Waals surface area contributed by atoms with Crippen LogP contribution in [0.25, 0.3) is 0 Å². The van der Waals surface area contributed by atoms with Crippen LogP contribution >= 0.6 is 0 Å².